The number of nitrogens with zero attached hydrogens (tertiary/aromatic N) is 2. The van der Waals surface area contributed by atoms with Crippen LogP contribution in [0.2, 0.25) is 0 Å². The number of aromatic nitrogens is 2. The van der Waals surface area contributed by atoms with Gasteiger partial charge in [0.25, 0.3) is 5.91 Å². The van der Waals surface area contributed by atoms with E-state index >= 15 is 0 Å². The lowest BCUT2D eigenvalue weighted by Gasteiger charge is -2.19. The second-order valence-electron chi connectivity index (χ2n) is 6.67. The summed E-state index contributed by atoms with van der Waals surface area (Å²) in [6.45, 7) is 3.81. The number of ether oxygens (including phenoxy) is 1. The quantitative estimate of drug-likeness (QED) is 0.562. The molecule has 6 nitrogen and oxygen atoms in total. The fourth-order valence-electron chi connectivity index (χ4n) is 3.29. The monoisotopic (exact) mass is 455 g/mol. The number of pyridine rings is 1. The Labute approximate surface area is 178 Å². The number of rotatable bonds is 6. The molecule has 0 aliphatic heterocycles. The third-order valence-electron chi connectivity index (χ3n) is 4.71. The Balaban J connectivity index is 1.91. The number of carbonyl (C=O) groups excluding carboxylic acids is 2. The molecule has 3 aromatic rings. The molecule has 0 spiro atoms. The molecule has 0 aliphatic carbocycles. The molecule has 1 unspecified atom stereocenters. The fourth-order valence-corrected chi connectivity index (χ4v) is 3.71. The third-order valence-corrected chi connectivity index (χ3v) is 5.20. The van der Waals surface area contributed by atoms with E-state index in [0.29, 0.717) is 5.56 Å². The predicted molar refractivity (Wildman–Crippen MR) is 114 cm³/mol. The molecule has 7 heteroatoms. The first-order chi connectivity index (χ1) is 13.9. The highest BCUT2D eigenvalue weighted by Gasteiger charge is 2.23. The molecule has 0 radical (unpaired) electrons. The number of halogens is 1. The number of aryl methyl sites for hydroxylation is 1. The van der Waals surface area contributed by atoms with Crippen molar-refractivity contribution in [3.63, 3.8) is 0 Å². The minimum Gasteiger partial charge on any atom is -0.469 e. The molecule has 2 heterocycles. The van der Waals surface area contributed by atoms with Crippen LogP contribution in [0.3, 0.4) is 0 Å². The normalized spacial score (nSPS) is 11.7. The summed E-state index contributed by atoms with van der Waals surface area (Å²) in [5, 5.41) is 2.98. The molecule has 2 aromatic heterocycles. The molecule has 1 aromatic carbocycles. The first-order valence-electron chi connectivity index (χ1n) is 9.14. The zero-order valence-electron chi connectivity index (χ0n) is 16.5. The molecular formula is C22H22BrN3O3. The van der Waals surface area contributed by atoms with E-state index in [-0.39, 0.29) is 12.3 Å². The van der Waals surface area contributed by atoms with Crippen molar-refractivity contribution in [2.45, 2.75) is 26.3 Å². The maximum atomic E-state index is 13.1. The average molecular weight is 456 g/mol. The number of benzene rings is 1. The molecule has 150 valence electrons. The van der Waals surface area contributed by atoms with Crippen LogP contribution in [0.15, 0.2) is 59.2 Å². The van der Waals surface area contributed by atoms with Gasteiger partial charge in [-0.3, -0.25) is 9.59 Å². The zero-order valence-corrected chi connectivity index (χ0v) is 18.1. The van der Waals surface area contributed by atoms with Crippen molar-refractivity contribution < 1.29 is 14.3 Å². The molecule has 1 N–H and O–H groups in total. The summed E-state index contributed by atoms with van der Waals surface area (Å²) in [7, 11) is 1.34. The van der Waals surface area contributed by atoms with Crippen molar-refractivity contribution >= 4 is 27.8 Å². The highest BCUT2D eigenvalue weighted by Crippen LogP contribution is 2.24. The maximum Gasteiger partial charge on any atom is 0.307 e. The standard InChI is InChI=1S/C22H22BrN3O3/c1-14-11-18(15(2)26(14)20-9-4-5-10-24-20)22(28)25-19(13-21(27)29-3)16-7-6-8-17(23)12-16/h4-12,19H,13H2,1-3H3,(H,25,28). The van der Waals surface area contributed by atoms with Crippen LogP contribution in [0, 0.1) is 13.8 Å². The van der Waals surface area contributed by atoms with Crippen LogP contribution in [0.5, 0.6) is 0 Å². The van der Waals surface area contributed by atoms with E-state index in [4.69, 9.17) is 4.74 Å². The van der Waals surface area contributed by atoms with E-state index in [1.807, 2.05) is 66.9 Å². The third kappa shape index (κ3) is 4.74. The minimum absolute atomic E-state index is 0.0394. The van der Waals surface area contributed by atoms with Gasteiger partial charge in [-0.25, -0.2) is 4.98 Å². The van der Waals surface area contributed by atoms with Gasteiger partial charge in [-0.1, -0.05) is 34.1 Å². The van der Waals surface area contributed by atoms with Gasteiger partial charge >= 0.3 is 5.97 Å². The van der Waals surface area contributed by atoms with Crippen LogP contribution in [0.4, 0.5) is 0 Å². The van der Waals surface area contributed by atoms with Crippen molar-refractivity contribution in [2.24, 2.45) is 0 Å². The van der Waals surface area contributed by atoms with Gasteiger partial charge in [-0.15, -0.1) is 0 Å². The van der Waals surface area contributed by atoms with Crippen LogP contribution in [-0.2, 0) is 9.53 Å². The molecule has 3 rings (SSSR count). The number of methoxy groups -OCH3 is 1. The molecule has 0 bridgehead atoms. The van der Waals surface area contributed by atoms with Gasteiger partial charge in [0.15, 0.2) is 0 Å². The number of esters is 1. The maximum absolute atomic E-state index is 13.1. The first-order valence-corrected chi connectivity index (χ1v) is 9.93. The van der Waals surface area contributed by atoms with Crippen molar-refractivity contribution in [3.8, 4) is 5.82 Å². The Morgan fingerprint density at radius 3 is 2.62 bits per heavy atom. The summed E-state index contributed by atoms with van der Waals surface area (Å²) < 4.78 is 7.61. The van der Waals surface area contributed by atoms with E-state index in [9.17, 15) is 9.59 Å². The van der Waals surface area contributed by atoms with Crippen molar-refractivity contribution in [2.75, 3.05) is 7.11 Å². The molecule has 0 aliphatic rings. The van der Waals surface area contributed by atoms with Gasteiger partial charge in [0.2, 0.25) is 0 Å². The van der Waals surface area contributed by atoms with Gasteiger partial charge < -0.3 is 14.6 Å². The largest absolute Gasteiger partial charge is 0.469 e. The van der Waals surface area contributed by atoms with Crippen LogP contribution >= 0.6 is 15.9 Å². The highest BCUT2D eigenvalue weighted by molar-refractivity contribution is 9.10. The first kappa shape index (κ1) is 20.8. The summed E-state index contributed by atoms with van der Waals surface area (Å²) in [4.78, 5) is 29.4. The van der Waals surface area contributed by atoms with Crippen molar-refractivity contribution in [3.05, 3.63) is 81.7 Å². The molecule has 1 atom stereocenters. The van der Waals surface area contributed by atoms with E-state index in [0.717, 1.165) is 27.2 Å². The molecule has 0 saturated heterocycles. The van der Waals surface area contributed by atoms with Gasteiger partial charge in [0, 0.05) is 22.1 Å². The Hall–Kier alpha value is -2.93. The topological polar surface area (TPSA) is 73.2 Å². The van der Waals surface area contributed by atoms with E-state index < -0.39 is 12.0 Å². The summed E-state index contributed by atoms with van der Waals surface area (Å²) >= 11 is 3.44. The zero-order chi connectivity index (χ0) is 21.0. The lowest BCUT2D eigenvalue weighted by molar-refractivity contribution is -0.141. The number of amides is 1. The van der Waals surface area contributed by atoms with E-state index in [2.05, 4.69) is 26.2 Å². The SMILES string of the molecule is COC(=O)CC(NC(=O)c1cc(C)n(-c2ccccn2)c1C)c1cccc(Br)c1. The fraction of sp³-hybridized carbons (Fsp3) is 0.227. The number of carbonyl (C=O) groups is 2. The molecule has 0 saturated carbocycles. The van der Waals surface area contributed by atoms with Gasteiger partial charge in [-0.05, 0) is 49.7 Å². The average Bonchev–Trinajstić information content (AvgIpc) is 3.02. The molecule has 0 fully saturated rings. The van der Waals surface area contributed by atoms with Crippen molar-refractivity contribution in [1.82, 2.24) is 14.9 Å². The second-order valence-corrected chi connectivity index (χ2v) is 7.59. The number of hydrogen-bond acceptors (Lipinski definition) is 4. The number of nitrogens with one attached hydrogen (secondary N) is 1. The van der Waals surface area contributed by atoms with Crippen LogP contribution in [0.1, 0.15) is 39.8 Å². The Kier molecular flexibility index (Phi) is 6.49. The summed E-state index contributed by atoms with van der Waals surface area (Å²) in [5.74, 6) is 0.100. The lowest BCUT2D eigenvalue weighted by Crippen LogP contribution is -2.30. The Morgan fingerprint density at radius 1 is 1.17 bits per heavy atom. The van der Waals surface area contributed by atoms with E-state index in [1.165, 1.54) is 7.11 Å². The van der Waals surface area contributed by atoms with Crippen molar-refractivity contribution in [1.29, 1.82) is 0 Å². The van der Waals surface area contributed by atoms with Crippen LogP contribution < -0.4 is 5.32 Å². The Morgan fingerprint density at radius 2 is 1.97 bits per heavy atom. The lowest BCUT2D eigenvalue weighted by atomic mass is 10.0. The van der Waals surface area contributed by atoms with Gasteiger partial charge in [0.1, 0.15) is 5.82 Å². The Bertz CT molecular complexity index is 1030. The smallest absolute Gasteiger partial charge is 0.307 e. The van der Waals surface area contributed by atoms with E-state index in [1.54, 1.807) is 6.20 Å². The van der Waals surface area contributed by atoms with Gasteiger partial charge in [-0.2, -0.15) is 0 Å². The summed E-state index contributed by atoms with van der Waals surface area (Å²) in [6, 6.07) is 14.5. The van der Waals surface area contributed by atoms with Crippen LogP contribution in [-0.4, -0.2) is 28.5 Å². The highest BCUT2D eigenvalue weighted by atomic mass is 79.9. The molecular weight excluding hydrogens is 434 g/mol. The summed E-state index contributed by atoms with van der Waals surface area (Å²) in [6.07, 6.45) is 1.76. The second kappa shape index (κ2) is 9.05. The minimum atomic E-state index is -0.509. The predicted octanol–water partition coefficient (Wildman–Crippen LogP) is 4.29. The molecule has 1 amide bonds. The van der Waals surface area contributed by atoms with Gasteiger partial charge in [0.05, 0.1) is 25.1 Å². The summed E-state index contributed by atoms with van der Waals surface area (Å²) in [5.41, 5.74) is 3.04. The molecule has 29 heavy (non-hydrogen) atoms. The number of hydrogen-bond donors (Lipinski definition) is 1. The van der Waals surface area contributed by atoms with Crippen LogP contribution in [0.25, 0.3) is 5.82 Å².